The summed E-state index contributed by atoms with van der Waals surface area (Å²) >= 11 is 0. The van der Waals surface area contributed by atoms with Gasteiger partial charge in [-0.25, -0.2) is 0 Å². The van der Waals surface area contributed by atoms with E-state index in [1.165, 1.54) is 6.42 Å². The van der Waals surface area contributed by atoms with Crippen molar-refractivity contribution in [3.05, 3.63) is 35.9 Å². The van der Waals surface area contributed by atoms with Crippen LogP contribution in [0.25, 0.3) is 0 Å². The zero-order valence-electron chi connectivity index (χ0n) is 11.6. The molecule has 104 valence electrons. The molecule has 0 aromatic heterocycles. The Morgan fingerprint density at radius 1 is 1.42 bits per heavy atom. The zero-order chi connectivity index (χ0) is 13.7. The number of rotatable bonds is 4. The summed E-state index contributed by atoms with van der Waals surface area (Å²) in [6.45, 7) is 2.23. The minimum absolute atomic E-state index is 0.00866. The van der Waals surface area contributed by atoms with E-state index in [1.54, 1.807) is 0 Å². The van der Waals surface area contributed by atoms with Crippen LogP contribution < -0.4 is 5.32 Å². The SMILES string of the molecule is CC1CCCC(CO)(NC(=O)Cc2ccccc2)C1. The van der Waals surface area contributed by atoms with Crippen molar-refractivity contribution in [2.24, 2.45) is 5.92 Å². The summed E-state index contributed by atoms with van der Waals surface area (Å²) in [4.78, 5) is 12.1. The molecule has 2 rings (SSSR count). The van der Waals surface area contributed by atoms with Crippen LogP contribution in [0.15, 0.2) is 30.3 Å². The van der Waals surface area contributed by atoms with Gasteiger partial charge in [0, 0.05) is 0 Å². The molecule has 3 heteroatoms. The van der Waals surface area contributed by atoms with E-state index in [9.17, 15) is 9.90 Å². The van der Waals surface area contributed by atoms with Crippen molar-refractivity contribution < 1.29 is 9.90 Å². The monoisotopic (exact) mass is 261 g/mol. The first-order chi connectivity index (χ1) is 9.13. The largest absolute Gasteiger partial charge is 0.394 e. The molecule has 1 fully saturated rings. The number of carbonyl (C=O) groups is 1. The lowest BCUT2D eigenvalue weighted by atomic mass is 9.76. The number of amides is 1. The summed E-state index contributed by atoms with van der Waals surface area (Å²) in [5, 5.41) is 12.7. The summed E-state index contributed by atoms with van der Waals surface area (Å²) in [6.07, 6.45) is 4.42. The smallest absolute Gasteiger partial charge is 0.224 e. The van der Waals surface area contributed by atoms with Gasteiger partial charge < -0.3 is 10.4 Å². The third-order valence-electron chi connectivity index (χ3n) is 4.01. The van der Waals surface area contributed by atoms with Crippen LogP contribution in [0.1, 0.15) is 38.2 Å². The van der Waals surface area contributed by atoms with Crippen LogP contribution in [-0.4, -0.2) is 23.2 Å². The Morgan fingerprint density at radius 3 is 2.79 bits per heavy atom. The molecule has 0 heterocycles. The summed E-state index contributed by atoms with van der Waals surface area (Å²) in [6, 6.07) is 9.73. The highest BCUT2D eigenvalue weighted by Crippen LogP contribution is 2.32. The first-order valence-corrected chi connectivity index (χ1v) is 7.09. The van der Waals surface area contributed by atoms with Crippen molar-refractivity contribution >= 4 is 5.91 Å². The van der Waals surface area contributed by atoms with E-state index in [0.29, 0.717) is 12.3 Å². The Labute approximate surface area is 115 Å². The standard InChI is InChI=1S/C16H23NO2/c1-13-6-5-9-16(11-13,12-18)17-15(19)10-14-7-3-2-4-8-14/h2-4,7-8,13,18H,5-6,9-12H2,1H3,(H,17,19). The van der Waals surface area contributed by atoms with Crippen molar-refractivity contribution in [1.82, 2.24) is 5.32 Å². The van der Waals surface area contributed by atoms with E-state index < -0.39 is 5.54 Å². The van der Waals surface area contributed by atoms with Gasteiger partial charge in [-0.05, 0) is 24.3 Å². The molecule has 19 heavy (non-hydrogen) atoms. The molecule has 1 aliphatic carbocycles. The molecule has 3 nitrogen and oxygen atoms in total. The molecule has 0 spiro atoms. The van der Waals surface area contributed by atoms with Gasteiger partial charge in [0.1, 0.15) is 0 Å². The molecular formula is C16H23NO2. The Balaban J connectivity index is 1.96. The average Bonchev–Trinajstić information content (AvgIpc) is 2.39. The quantitative estimate of drug-likeness (QED) is 0.873. The number of aliphatic hydroxyl groups excluding tert-OH is 1. The number of aliphatic hydroxyl groups is 1. The maximum absolute atomic E-state index is 12.1. The highest BCUT2D eigenvalue weighted by atomic mass is 16.3. The minimum atomic E-state index is -0.399. The third-order valence-corrected chi connectivity index (χ3v) is 4.01. The molecule has 1 aliphatic rings. The normalized spacial score (nSPS) is 26.9. The van der Waals surface area contributed by atoms with Crippen molar-refractivity contribution in [3.63, 3.8) is 0 Å². The van der Waals surface area contributed by atoms with Crippen molar-refractivity contribution in [2.45, 2.75) is 44.6 Å². The lowest BCUT2D eigenvalue weighted by Crippen LogP contribution is -2.54. The van der Waals surface area contributed by atoms with Gasteiger partial charge in [0.15, 0.2) is 0 Å². The predicted molar refractivity (Wildman–Crippen MR) is 75.7 cm³/mol. The summed E-state index contributed by atoms with van der Waals surface area (Å²) < 4.78 is 0. The molecule has 0 bridgehead atoms. The third kappa shape index (κ3) is 3.80. The van der Waals surface area contributed by atoms with E-state index in [0.717, 1.165) is 24.8 Å². The zero-order valence-corrected chi connectivity index (χ0v) is 11.6. The van der Waals surface area contributed by atoms with Gasteiger partial charge in [-0.2, -0.15) is 0 Å². The fourth-order valence-electron chi connectivity index (χ4n) is 3.08. The van der Waals surface area contributed by atoms with Crippen LogP contribution in [0.3, 0.4) is 0 Å². The van der Waals surface area contributed by atoms with Crippen molar-refractivity contribution in [1.29, 1.82) is 0 Å². The molecule has 2 atom stereocenters. The van der Waals surface area contributed by atoms with Gasteiger partial charge in [-0.1, -0.05) is 50.1 Å². The van der Waals surface area contributed by atoms with Gasteiger partial charge in [0.2, 0.25) is 5.91 Å². The number of hydrogen-bond donors (Lipinski definition) is 2. The van der Waals surface area contributed by atoms with Crippen LogP contribution in [-0.2, 0) is 11.2 Å². The van der Waals surface area contributed by atoms with Gasteiger partial charge >= 0.3 is 0 Å². The first kappa shape index (κ1) is 14.1. The topological polar surface area (TPSA) is 49.3 Å². The summed E-state index contributed by atoms with van der Waals surface area (Å²) in [5.41, 5.74) is 0.612. The van der Waals surface area contributed by atoms with Crippen LogP contribution in [0.4, 0.5) is 0 Å². The maximum Gasteiger partial charge on any atom is 0.224 e. The van der Waals surface area contributed by atoms with E-state index >= 15 is 0 Å². The maximum atomic E-state index is 12.1. The number of carbonyl (C=O) groups excluding carboxylic acids is 1. The lowest BCUT2D eigenvalue weighted by Gasteiger charge is -2.39. The van der Waals surface area contributed by atoms with E-state index in [-0.39, 0.29) is 12.5 Å². The highest BCUT2D eigenvalue weighted by molar-refractivity contribution is 5.79. The molecule has 0 saturated heterocycles. The summed E-state index contributed by atoms with van der Waals surface area (Å²) in [7, 11) is 0. The minimum Gasteiger partial charge on any atom is -0.394 e. The second-order valence-electron chi connectivity index (χ2n) is 5.85. The van der Waals surface area contributed by atoms with E-state index in [4.69, 9.17) is 0 Å². The molecule has 0 radical (unpaired) electrons. The van der Waals surface area contributed by atoms with Crippen molar-refractivity contribution in [3.8, 4) is 0 Å². The molecular weight excluding hydrogens is 238 g/mol. The first-order valence-electron chi connectivity index (χ1n) is 7.09. The van der Waals surface area contributed by atoms with Gasteiger partial charge in [-0.3, -0.25) is 4.79 Å². The van der Waals surface area contributed by atoms with Gasteiger partial charge in [-0.15, -0.1) is 0 Å². The van der Waals surface area contributed by atoms with Crippen LogP contribution in [0, 0.1) is 5.92 Å². The molecule has 2 unspecified atom stereocenters. The fraction of sp³-hybridized carbons (Fsp3) is 0.562. The predicted octanol–water partition coefficient (Wildman–Crippen LogP) is 2.29. The molecule has 1 saturated carbocycles. The summed E-state index contributed by atoms with van der Waals surface area (Å²) in [5.74, 6) is 0.576. The molecule has 1 aromatic rings. The van der Waals surface area contributed by atoms with E-state index in [2.05, 4.69) is 12.2 Å². The highest BCUT2D eigenvalue weighted by Gasteiger charge is 2.35. The lowest BCUT2D eigenvalue weighted by molar-refractivity contribution is -0.123. The van der Waals surface area contributed by atoms with Gasteiger partial charge in [0.25, 0.3) is 0 Å². The second-order valence-corrected chi connectivity index (χ2v) is 5.85. The van der Waals surface area contributed by atoms with Crippen LogP contribution in [0.5, 0.6) is 0 Å². The van der Waals surface area contributed by atoms with Crippen LogP contribution in [0.2, 0.25) is 0 Å². The second kappa shape index (κ2) is 6.20. The molecule has 1 amide bonds. The average molecular weight is 261 g/mol. The Bertz CT molecular complexity index is 418. The molecule has 0 aliphatic heterocycles. The number of hydrogen-bond acceptors (Lipinski definition) is 2. The number of benzene rings is 1. The van der Waals surface area contributed by atoms with Crippen LogP contribution >= 0.6 is 0 Å². The van der Waals surface area contributed by atoms with E-state index in [1.807, 2.05) is 30.3 Å². The Morgan fingerprint density at radius 2 is 2.16 bits per heavy atom. The molecule has 1 aromatic carbocycles. The fourth-order valence-corrected chi connectivity index (χ4v) is 3.08. The molecule has 2 N–H and O–H groups in total. The van der Waals surface area contributed by atoms with Crippen molar-refractivity contribution in [2.75, 3.05) is 6.61 Å². The Kier molecular flexibility index (Phi) is 4.59. The Hall–Kier alpha value is -1.35. The number of nitrogens with one attached hydrogen (secondary N) is 1. The van der Waals surface area contributed by atoms with Gasteiger partial charge in [0.05, 0.1) is 18.6 Å².